The van der Waals surface area contributed by atoms with Crippen LogP contribution in [0.15, 0.2) is 152 Å². The van der Waals surface area contributed by atoms with Crippen molar-refractivity contribution in [2.24, 2.45) is 0 Å². The van der Waals surface area contributed by atoms with E-state index in [1.807, 2.05) is 6.07 Å². The van der Waals surface area contributed by atoms with E-state index in [-0.39, 0.29) is 0 Å². The molecule has 0 aliphatic heterocycles. The second-order valence-corrected chi connectivity index (χ2v) is 9.69. The Morgan fingerprint density at radius 1 is 0.359 bits per heavy atom. The average Bonchev–Trinajstić information content (AvgIpc) is 3.35. The van der Waals surface area contributed by atoms with Gasteiger partial charge in [-0.1, -0.05) is 115 Å². The number of aromatic nitrogens is 1. The summed E-state index contributed by atoms with van der Waals surface area (Å²) in [5.41, 5.74) is 10.4. The average molecular weight is 496 g/mol. The number of fused-ring (bicyclic) bond motifs is 3. The summed E-state index contributed by atoms with van der Waals surface area (Å²) >= 11 is 0. The third kappa shape index (κ3) is 4.39. The molecule has 0 saturated carbocycles. The zero-order valence-electron chi connectivity index (χ0n) is 21.4. The van der Waals surface area contributed by atoms with Gasteiger partial charge in [-0.15, -0.1) is 0 Å². The van der Waals surface area contributed by atoms with Gasteiger partial charge in [0.15, 0.2) is 0 Å². The third-order valence-corrected chi connectivity index (χ3v) is 7.25. The molecule has 0 bridgehead atoms. The SMILES string of the molecule is C(#Cc1ccc(-c2ccc3c4ccccc4n(-c4ccccc4)c3c2)cc1)c1ccc(-c2ccccc2)cc1. The number of hydrogen-bond donors (Lipinski definition) is 0. The van der Waals surface area contributed by atoms with Crippen LogP contribution < -0.4 is 0 Å². The van der Waals surface area contributed by atoms with E-state index >= 15 is 0 Å². The first kappa shape index (κ1) is 22.8. The first-order valence-electron chi connectivity index (χ1n) is 13.2. The molecule has 182 valence electrons. The van der Waals surface area contributed by atoms with Gasteiger partial charge in [0.2, 0.25) is 0 Å². The van der Waals surface area contributed by atoms with Crippen molar-refractivity contribution in [3.8, 4) is 39.8 Å². The summed E-state index contributed by atoms with van der Waals surface area (Å²) in [4.78, 5) is 0. The fourth-order valence-electron chi connectivity index (χ4n) is 5.27. The van der Waals surface area contributed by atoms with Crippen molar-refractivity contribution in [2.75, 3.05) is 0 Å². The molecule has 0 fully saturated rings. The lowest BCUT2D eigenvalue weighted by Crippen LogP contribution is -1.93. The van der Waals surface area contributed by atoms with E-state index in [0.717, 1.165) is 11.1 Å². The third-order valence-electron chi connectivity index (χ3n) is 7.25. The van der Waals surface area contributed by atoms with Crippen LogP contribution >= 0.6 is 0 Å². The van der Waals surface area contributed by atoms with Crippen LogP contribution in [0.4, 0.5) is 0 Å². The van der Waals surface area contributed by atoms with Gasteiger partial charge in [-0.3, -0.25) is 0 Å². The molecule has 0 amide bonds. The zero-order valence-corrected chi connectivity index (χ0v) is 21.4. The molecular formula is C38H25N. The monoisotopic (exact) mass is 495 g/mol. The van der Waals surface area contributed by atoms with Crippen molar-refractivity contribution in [1.29, 1.82) is 0 Å². The Morgan fingerprint density at radius 2 is 0.846 bits per heavy atom. The molecule has 1 aromatic heterocycles. The number of para-hydroxylation sites is 2. The maximum Gasteiger partial charge on any atom is 0.0547 e. The fourth-order valence-corrected chi connectivity index (χ4v) is 5.27. The van der Waals surface area contributed by atoms with Crippen LogP contribution in [0, 0.1) is 11.8 Å². The van der Waals surface area contributed by atoms with Crippen LogP contribution in [-0.4, -0.2) is 4.57 Å². The van der Waals surface area contributed by atoms with Crippen molar-refractivity contribution in [2.45, 2.75) is 0 Å². The highest BCUT2D eigenvalue weighted by Gasteiger charge is 2.12. The lowest BCUT2D eigenvalue weighted by atomic mass is 10.0. The second-order valence-electron chi connectivity index (χ2n) is 9.69. The van der Waals surface area contributed by atoms with Gasteiger partial charge in [-0.2, -0.15) is 0 Å². The van der Waals surface area contributed by atoms with E-state index < -0.39 is 0 Å². The molecule has 0 radical (unpaired) electrons. The molecule has 1 heterocycles. The van der Waals surface area contributed by atoms with Crippen LogP contribution in [0.1, 0.15) is 11.1 Å². The highest BCUT2D eigenvalue weighted by Crippen LogP contribution is 2.34. The first-order valence-corrected chi connectivity index (χ1v) is 13.2. The predicted octanol–water partition coefficient (Wildman–Crippen LogP) is 9.52. The summed E-state index contributed by atoms with van der Waals surface area (Å²) in [6.07, 6.45) is 0. The van der Waals surface area contributed by atoms with E-state index in [1.165, 1.54) is 49.7 Å². The zero-order chi connectivity index (χ0) is 26.0. The summed E-state index contributed by atoms with van der Waals surface area (Å²) in [5.74, 6) is 6.63. The Labute approximate surface area is 228 Å². The maximum atomic E-state index is 3.32. The van der Waals surface area contributed by atoms with Crippen LogP contribution in [0.5, 0.6) is 0 Å². The Morgan fingerprint density at radius 3 is 1.51 bits per heavy atom. The van der Waals surface area contributed by atoms with Crippen LogP contribution in [-0.2, 0) is 0 Å². The molecular weight excluding hydrogens is 470 g/mol. The first-order chi connectivity index (χ1) is 19.3. The summed E-state index contributed by atoms with van der Waals surface area (Å²) in [6, 6.07) is 53.4. The Hall–Kier alpha value is -5.32. The smallest absolute Gasteiger partial charge is 0.0547 e. The van der Waals surface area contributed by atoms with E-state index in [9.17, 15) is 0 Å². The fraction of sp³-hybridized carbons (Fsp3) is 0. The molecule has 0 unspecified atom stereocenters. The van der Waals surface area contributed by atoms with Gasteiger partial charge >= 0.3 is 0 Å². The van der Waals surface area contributed by atoms with Gasteiger partial charge in [-0.25, -0.2) is 0 Å². The molecule has 39 heavy (non-hydrogen) atoms. The molecule has 0 saturated heterocycles. The molecule has 6 aromatic carbocycles. The molecule has 0 N–H and O–H groups in total. The van der Waals surface area contributed by atoms with Gasteiger partial charge in [0.25, 0.3) is 0 Å². The highest BCUT2D eigenvalue weighted by atomic mass is 15.0. The molecule has 0 aliphatic rings. The van der Waals surface area contributed by atoms with Gasteiger partial charge in [0, 0.05) is 27.6 Å². The van der Waals surface area contributed by atoms with Crippen molar-refractivity contribution in [3.05, 3.63) is 163 Å². The van der Waals surface area contributed by atoms with Gasteiger partial charge < -0.3 is 4.57 Å². The molecule has 1 nitrogen and oxygen atoms in total. The van der Waals surface area contributed by atoms with Gasteiger partial charge in [0.05, 0.1) is 11.0 Å². The van der Waals surface area contributed by atoms with Crippen molar-refractivity contribution < 1.29 is 0 Å². The van der Waals surface area contributed by atoms with Gasteiger partial charge in [-0.05, 0) is 70.8 Å². The highest BCUT2D eigenvalue weighted by molar-refractivity contribution is 6.10. The van der Waals surface area contributed by atoms with Crippen molar-refractivity contribution in [3.63, 3.8) is 0 Å². The Balaban J connectivity index is 1.20. The minimum Gasteiger partial charge on any atom is -0.309 e. The predicted molar refractivity (Wildman–Crippen MR) is 164 cm³/mol. The van der Waals surface area contributed by atoms with E-state index in [4.69, 9.17) is 0 Å². The molecule has 0 aliphatic carbocycles. The minimum absolute atomic E-state index is 1.00. The number of hydrogen-bond acceptors (Lipinski definition) is 0. The lowest BCUT2D eigenvalue weighted by molar-refractivity contribution is 1.18. The summed E-state index contributed by atoms with van der Waals surface area (Å²) < 4.78 is 2.36. The largest absolute Gasteiger partial charge is 0.309 e. The van der Waals surface area contributed by atoms with Crippen LogP contribution in [0.3, 0.4) is 0 Å². The summed E-state index contributed by atoms with van der Waals surface area (Å²) in [6.45, 7) is 0. The molecule has 7 aromatic rings. The van der Waals surface area contributed by atoms with Crippen molar-refractivity contribution in [1.82, 2.24) is 4.57 Å². The maximum absolute atomic E-state index is 3.32. The topological polar surface area (TPSA) is 4.93 Å². The molecule has 0 atom stereocenters. The van der Waals surface area contributed by atoms with Crippen molar-refractivity contribution >= 4 is 21.8 Å². The lowest BCUT2D eigenvalue weighted by Gasteiger charge is -2.09. The number of rotatable bonds is 3. The normalized spacial score (nSPS) is 10.9. The standard InChI is InChI=1S/C38H25N/c1-3-9-30(10-4-1)31-21-17-28(18-22-31)15-16-29-19-23-32(24-20-29)33-25-26-36-35-13-7-8-14-37(35)39(38(36)27-33)34-11-5-2-6-12-34/h1-14,17-27H. The summed E-state index contributed by atoms with van der Waals surface area (Å²) in [7, 11) is 0. The molecule has 7 rings (SSSR count). The number of nitrogens with zero attached hydrogens (tertiary/aromatic N) is 1. The Bertz CT molecular complexity index is 1970. The van der Waals surface area contributed by atoms with Gasteiger partial charge in [0.1, 0.15) is 0 Å². The minimum atomic E-state index is 1.00. The van der Waals surface area contributed by atoms with E-state index in [1.54, 1.807) is 0 Å². The summed E-state index contributed by atoms with van der Waals surface area (Å²) in [5, 5.41) is 2.53. The quantitative estimate of drug-likeness (QED) is 0.215. The van der Waals surface area contributed by atoms with E-state index in [2.05, 4.69) is 162 Å². The van der Waals surface area contributed by atoms with Crippen LogP contribution in [0.2, 0.25) is 0 Å². The van der Waals surface area contributed by atoms with Crippen LogP contribution in [0.25, 0.3) is 49.7 Å². The number of benzene rings is 6. The van der Waals surface area contributed by atoms with E-state index in [0.29, 0.717) is 0 Å². The second kappa shape index (κ2) is 9.86. The Kier molecular flexibility index (Phi) is 5.77. The molecule has 0 spiro atoms. The molecule has 1 heteroatoms.